The Morgan fingerprint density at radius 2 is 2.07 bits per heavy atom. The predicted octanol–water partition coefficient (Wildman–Crippen LogP) is 3.00. The molecule has 0 aliphatic carbocycles. The molecule has 0 amide bonds. The molecule has 3 nitrogen and oxygen atoms in total. The van der Waals surface area contributed by atoms with Crippen LogP contribution in [0.1, 0.15) is 13.3 Å². The van der Waals surface area contributed by atoms with E-state index in [4.69, 9.17) is 44.6 Å². The van der Waals surface area contributed by atoms with Crippen LogP contribution in [0, 0.1) is 5.92 Å². The van der Waals surface area contributed by atoms with Gasteiger partial charge in [-0.05, 0) is 0 Å². The number of methoxy groups -OCH3 is 1. The van der Waals surface area contributed by atoms with Gasteiger partial charge in [-0.1, -0.05) is 41.7 Å². The Bertz CT molecular complexity index is 232. The smallest absolute Gasteiger partial charge is 0.331 e. The zero-order valence-corrected chi connectivity index (χ0v) is 10.0. The first-order valence-electron chi connectivity index (χ1n) is 3.81. The first-order valence-corrected chi connectivity index (χ1v) is 4.95. The van der Waals surface area contributed by atoms with Crippen molar-refractivity contribution in [2.75, 3.05) is 7.11 Å². The summed E-state index contributed by atoms with van der Waals surface area (Å²) in [6.07, 6.45) is 1.21. The molecule has 6 heteroatoms. The van der Waals surface area contributed by atoms with Gasteiger partial charge in [0.15, 0.2) is 3.79 Å². The molecule has 1 N–H and O–H groups in total. The van der Waals surface area contributed by atoms with Gasteiger partial charge in [0.2, 0.25) is 0 Å². The molecule has 0 spiro atoms. The van der Waals surface area contributed by atoms with Crippen LogP contribution < -0.4 is 0 Å². The van der Waals surface area contributed by atoms with Gasteiger partial charge < -0.3 is 9.84 Å². The number of aliphatic carboxylic acids is 1. The molecular weight excluding hydrogens is 250 g/mol. The number of rotatable bonds is 4. The minimum atomic E-state index is -1.42. The van der Waals surface area contributed by atoms with Crippen LogP contribution in [0.4, 0.5) is 0 Å². The number of ether oxygens (including phenoxy) is 1. The highest BCUT2D eigenvalue weighted by Gasteiger charge is 2.29. The van der Waals surface area contributed by atoms with Crippen molar-refractivity contribution in [3.05, 3.63) is 11.8 Å². The summed E-state index contributed by atoms with van der Waals surface area (Å²) in [5.74, 6) is -1.13. The topological polar surface area (TPSA) is 46.5 Å². The number of carbonyl (C=O) groups is 1. The Labute approximate surface area is 97.6 Å². The third-order valence-corrected chi connectivity index (χ3v) is 2.73. The summed E-state index contributed by atoms with van der Waals surface area (Å²) in [7, 11) is 1.37. The third-order valence-electron chi connectivity index (χ3n) is 1.61. The number of hydrogen-bond acceptors (Lipinski definition) is 2. The highest BCUT2D eigenvalue weighted by atomic mass is 35.6. The molecule has 0 fully saturated rings. The minimum Gasteiger partial charge on any atom is -0.501 e. The lowest BCUT2D eigenvalue weighted by Crippen LogP contribution is -2.17. The average molecular weight is 262 g/mol. The minimum absolute atomic E-state index is 0.263. The molecule has 0 heterocycles. The van der Waals surface area contributed by atoms with E-state index in [0.717, 1.165) is 6.08 Å². The van der Waals surface area contributed by atoms with Crippen LogP contribution in [0.15, 0.2) is 11.8 Å². The molecule has 0 unspecified atom stereocenters. The van der Waals surface area contributed by atoms with Crippen LogP contribution in [0.5, 0.6) is 0 Å². The van der Waals surface area contributed by atoms with Gasteiger partial charge in [-0.25, -0.2) is 4.79 Å². The van der Waals surface area contributed by atoms with Gasteiger partial charge >= 0.3 is 5.97 Å². The molecule has 0 bridgehead atoms. The van der Waals surface area contributed by atoms with Crippen LogP contribution in [-0.2, 0) is 9.53 Å². The van der Waals surface area contributed by atoms with E-state index in [0.29, 0.717) is 0 Å². The van der Waals surface area contributed by atoms with Crippen molar-refractivity contribution in [1.29, 1.82) is 0 Å². The molecule has 0 aromatic carbocycles. The second-order valence-corrected chi connectivity index (χ2v) is 5.17. The Hall–Kier alpha value is -0.120. The van der Waals surface area contributed by atoms with Crippen molar-refractivity contribution in [2.45, 2.75) is 17.1 Å². The summed E-state index contributed by atoms with van der Waals surface area (Å²) < 4.78 is 3.41. The first kappa shape index (κ1) is 13.9. The molecule has 82 valence electrons. The maximum Gasteiger partial charge on any atom is 0.331 e. The average Bonchev–Trinajstić information content (AvgIpc) is 2.00. The summed E-state index contributed by atoms with van der Waals surface area (Å²) in [6, 6.07) is 0. The van der Waals surface area contributed by atoms with Gasteiger partial charge in [0.05, 0.1) is 13.2 Å². The fourth-order valence-electron chi connectivity index (χ4n) is 0.756. The molecule has 1 atom stereocenters. The summed E-state index contributed by atoms with van der Waals surface area (Å²) in [6.45, 7) is 1.70. The second kappa shape index (κ2) is 5.69. The van der Waals surface area contributed by atoms with E-state index in [1.165, 1.54) is 7.11 Å². The Morgan fingerprint density at radius 1 is 1.57 bits per heavy atom. The molecule has 0 aliphatic rings. The van der Waals surface area contributed by atoms with E-state index < -0.39 is 9.76 Å². The molecule has 0 aliphatic heterocycles. The number of carboxylic acid groups (broad SMARTS) is 1. The number of allylic oxidation sites excluding steroid dienone is 1. The maximum absolute atomic E-state index is 10.3. The van der Waals surface area contributed by atoms with Crippen molar-refractivity contribution in [1.82, 2.24) is 0 Å². The van der Waals surface area contributed by atoms with Crippen molar-refractivity contribution < 1.29 is 14.6 Å². The largest absolute Gasteiger partial charge is 0.501 e. The monoisotopic (exact) mass is 260 g/mol. The fourth-order valence-corrected chi connectivity index (χ4v) is 0.988. The van der Waals surface area contributed by atoms with Crippen LogP contribution in [0.2, 0.25) is 0 Å². The Balaban J connectivity index is 4.41. The SMILES string of the molecule is CO/C(=C/C(=O)O)C[C@H](C)C(Cl)(Cl)Cl. The maximum atomic E-state index is 10.3. The van der Waals surface area contributed by atoms with Gasteiger partial charge in [0, 0.05) is 12.3 Å². The molecule has 0 aromatic heterocycles. The number of halogens is 3. The molecule has 0 saturated heterocycles. The second-order valence-electron chi connectivity index (χ2n) is 2.80. The summed E-state index contributed by atoms with van der Waals surface area (Å²) in [5, 5.41) is 8.48. The zero-order chi connectivity index (χ0) is 11.4. The number of alkyl halides is 3. The van der Waals surface area contributed by atoms with Gasteiger partial charge in [0.25, 0.3) is 0 Å². The highest BCUT2D eigenvalue weighted by Crippen LogP contribution is 2.38. The molecule has 14 heavy (non-hydrogen) atoms. The van der Waals surface area contributed by atoms with E-state index in [1.807, 2.05) is 0 Å². The van der Waals surface area contributed by atoms with Crippen molar-refractivity contribution in [3.8, 4) is 0 Å². The molecule has 0 saturated carbocycles. The predicted molar refractivity (Wildman–Crippen MR) is 56.8 cm³/mol. The van der Waals surface area contributed by atoms with Crippen LogP contribution in [0.25, 0.3) is 0 Å². The molecule has 0 radical (unpaired) electrons. The first-order chi connectivity index (χ1) is 6.27. The van der Waals surface area contributed by atoms with Gasteiger partial charge in [-0.2, -0.15) is 0 Å². The third kappa shape index (κ3) is 5.58. The highest BCUT2D eigenvalue weighted by molar-refractivity contribution is 6.67. The van der Waals surface area contributed by atoms with E-state index in [2.05, 4.69) is 0 Å². The van der Waals surface area contributed by atoms with E-state index in [9.17, 15) is 4.79 Å². The number of hydrogen-bond donors (Lipinski definition) is 1. The van der Waals surface area contributed by atoms with E-state index >= 15 is 0 Å². The van der Waals surface area contributed by atoms with Crippen LogP contribution in [0.3, 0.4) is 0 Å². The molecular formula is C8H11Cl3O3. The van der Waals surface area contributed by atoms with Crippen molar-refractivity contribution in [2.24, 2.45) is 5.92 Å². The van der Waals surface area contributed by atoms with Gasteiger partial charge in [-0.3, -0.25) is 0 Å². The molecule has 0 rings (SSSR count). The fraction of sp³-hybridized carbons (Fsp3) is 0.625. The quantitative estimate of drug-likeness (QED) is 0.481. The van der Waals surface area contributed by atoms with Crippen molar-refractivity contribution >= 4 is 40.8 Å². The van der Waals surface area contributed by atoms with E-state index in [1.54, 1.807) is 6.92 Å². The van der Waals surface area contributed by atoms with E-state index in [-0.39, 0.29) is 18.1 Å². The number of carboxylic acids is 1. The van der Waals surface area contributed by atoms with Crippen LogP contribution in [-0.4, -0.2) is 22.0 Å². The lowest BCUT2D eigenvalue weighted by Gasteiger charge is -2.20. The summed E-state index contributed by atoms with van der Waals surface area (Å²) in [4.78, 5) is 10.3. The Kier molecular flexibility index (Phi) is 5.64. The standard InChI is InChI=1S/C8H11Cl3O3/c1-5(8(9,10)11)3-6(14-2)4-7(12)13/h4-5H,3H2,1-2H3,(H,12,13)/b6-4+/t5-/m0/s1. The van der Waals surface area contributed by atoms with Gasteiger partial charge in [0.1, 0.15) is 5.76 Å². The summed E-state index contributed by atoms with van der Waals surface area (Å²) >= 11 is 16.9. The Morgan fingerprint density at radius 3 is 2.36 bits per heavy atom. The lowest BCUT2D eigenvalue weighted by molar-refractivity contribution is -0.131. The van der Waals surface area contributed by atoms with Crippen LogP contribution >= 0.6 is 34.8 Å². The van der Waals surface area contributed by atoms with Crippen molar-refractivity contribution in [3.63, 3.8) is 0 Å². The zero-order valence-electron chi connectivity index (χ0n) is 7.76. The summed E-state index contributed by atoms with van der Waals surface area (Å²) in [5.41, 5.74) is 0. The van der Waals surface area contributed by atoms with Gasteiger partial charge in [-0.15, -0.1) is 0 Å². The molecule has 0 aromatic rings. The normalized spacial score (nSPS) is 15.1. The lowest BCUT2D eigenvalue weighted by atomic mass is 10.1.